The Balaban J connectivity index is 0.00000144. The van der Waals surface area contributed by atoms with E-state index in [1.54, 1.807) is 3.88 Å². The number of hydrogen-bond donors (Lipinski definition) is 0. The minimum absolute atomic E-state index is 0. The summed E-state index contributed by atoms with van der Waals surface area (Å²) >= 11 is -2.35. The molecule has 0 heterocycles. The Bertz CT molecular complexity index is 517. The molecule has 0 nitrogen and oxygen atoms in total. The van der Waals surface area contributed by atoms with Gasteiger partial charge in [-0.25, -0.2) is 0 Å². The molecule has 0 amide bonds. The van der Waals surface area contributed by atoms with Gasteiger partial charge < -0.3 is 0 Å². The van der Waals surface area contributed by atoms with Gasteiger partial charge in [-0.3, -0.25) is 0 Å². The van der Waals surface area contributed by atoms with Crippen LogP contribution in [0.1, 0.15) is 6.42 Å². The number of halogens is 2. The molecule has 0 N–H and O–H groups in total. The Morgan fingerprint density at radius 3 is 2.22 bits per heavy atom. The molecule has 0 radical (unpaired) electrons. The standard InChI is InChI=1S/C6H6P.C5H5.2CH3.2ClH.H2Si.Ti/c7-6-4-2-1-3-5-6;1-2-4-5-3-1;;;;;;/h1-5,7H;1-3H,4H2;2*1H3;2*1H;1H2;/q-1;;;;;;;+1. The number of rotatable bonds is 3. The van der Waals surface area contributed by atoms with Crippen LogP contribution in [0.4, 0.5) is 0 Å². The molecule has 2 rings (SSSR count). The predicted octanol–water partition coefficient (Wildman–Crippen LogP) is 3.93. The van der Waals surface area contributed by atoms with E-state index in [-0.39, 0.29) is 24.8 Å². The Kier molecular flexibility index (Phi) is 7.13. The monoisotopic (exact) mass is 354 g/mol. The Morgan fingerprint density at radius 1 is 1.11 bits per heavy atom. The molecule has 0 fully saturated rings. The molecule has 0 saturated heterocycles. The van der Waals surface area contributed by atoms with Gasteiger partial charge in [0.15, 0.2) is 0 Å². The molecule has 5 heteroatoms. The van der Waals surface area contributed by atoms with Crippen LogP contribution in [0.25, 0.3) is 0 Å². The molecule has 0 aliphatic heterocycles. The second kappa shape index (κ2) is 6.88. The van der Waals surface area contributed by atoms with E-state index in [1.165, 1.54) is 11.7 Å². The van der Waals surface area contributed by atoms with Gasteiger partial charge in [-0.15, -0.1) is 24.8 Å². The molecular formula is C13H21Cl2PSiTi. The summed E-state index contributed by atoms with van der Waals surface area (Å²) < 4.78 is 1.75. The van der Waals surface area contributed by atoms with Crippen LogP contribution in [-0.2, 0) is 13.5 Å². The first-order valence-corrected chi connectivity index (χ1v) is 17.0. The summed E-state index contributed by atoms with van der Waals surface area (Å²) in [6.45, 7) is 1.01. The first-order valence-electron chi connectivity index (χ1n) is 5.73. The molecule has 0 spiro atoms. The molecular weight excluding hydrogens is 334 g/mol. The zero-order valence-electron chi connectivity index (χ0n) is 10.8. The number of allylic oxidation sites excluding steroid dienone is 4. The molecule has 1 aliphatic carbocycles. The summed E-state index contributed by atoms with van der Waals surface area (Å²) in [5, 5.41) is 6.67. The van der Waals surface area contributed by atoms with Crippen LogP contribution in [-0.4, -0.2) is 7.63 Å². The normalized spacial score (nSPS) is 15.2. The zero-order valence-corrected chi connectivity index (χ0v) is 16.5. The quantitative estimate of drug-likeness (QED) is 0.570. The van der Waals surface area contributed by atoms with Crippen molar-refractivity contribution >= 4 is 44.3 Å². The fourth-order valence-corrected chi connectivity index (χ4v) is 16.0. The molecule has 0 aromatic heterocycles. The van der Waals surface area contributed by atoms with E-state index < -0.39 is 13.5 Å². The zero-order chi connectivity index (χ0) is 11.7. The Labute approximate surface area is 126 Å². The van der Waals surface area contributed by atoms with Gasteiger partial charge in [0, 0.05) is 0 Å². The molecule has 1 aromatic carbocycles. The van der Waals surface area contributed by atoms with Crippen molar-refractivity contribution in [1.82, 2.24) is 0 Å². The molecule has 1 aliphatic rings. The van der Waals surface area contributed by atoms with Crippen LogP contribution in [0.5, 0.6) is 0 Å². The van der Waals surface area contributed by atoms with E-state index >= 15 is 0 Å². The molecule has 1 unspecified atom stereocenters. The number of hydrogen-bond acceptors (Lipinski definition) is 0. The Morgan fingerprint density at radius 2 is 1.72 bits per heavy atom. The van der Waals surface area contributed by atoms with Crippen molar-refractivity contribution < 1.29 is 13.5 Å². The summed E-state index contributed by atoms with van der Waals surface area (Å²) in [6.07, 6.45) is 8.11. The first kappa shape index (κ1) is 18.6. The average molecular weight is 355 g/mol. The second-order valence-corrected chi connectivity index (χ2v) is 35.2. The van der Waals surface area contributed by atoms with Crippen LogP contribution in [0, 0.1) is 0 Å². The van der Waals surface area contributed by atoms with E-state index in [0.29, 0.717) is 0 Å². The maximum absolute atomic E-state index is 2.57. The van der Waals surface area contributed by atoms with Crippen molar-refractivity contribution in [3.8, 4) is 0 Å². The Hall–Kier alpha value is 0.641. The molecule has 1 aromatic rings. The van der Waals surface area contributed by atoms with Crippen LogP contribution in [0.15, 0.2) is 52.4 Å². The molecule has 0 saturated carbocycles. The molecule has 18 heavy (non-hydrogen) atoms. The fourth-order valence-electron chi connectivity index (χ4n) is 2.11. The maximum atomic E-state index is 2.57. The summed E-state index contributed by atoms with van der Waals surface area (Å²) in [5.74, 6) is 0. The van der Waals surface area contributed by atoms with E-state index in [0.717, 1.165) is 6.57 Å². The van der Waals surface area contributed by atoms with Crippen molar-refractivity contribution in [2.45, 2.75) is 16.9 Å². The van der Waals surface area contributed by atoms with Crippen molar-refractivity contribution in [3.05, 3.63) is 52.4 Å². The van der Waals surface area contributed by atoms with Crippen LogP contribution >= 0.6 is 31.4 Å². The molecule has 0 bridgehead atoms. The SMILES string of the molecule is Cl.Cl.[CH3][Ti]([CH3])(=[SiH2])([PH]c1ccccc1)[C]1=CC=CC1. The van der Waals surface area contributed by atoms with Gasteiger partial charge >= 0.3 is 102 Å². The van der Waals surface area contributed by atoms with Gasteiger partial charge in [-0.2, -0.15) is 0 Å². The van der Waals surface area contributed by atoms with Crippen LogP contribution in [0.2, 0.25) is 10.5 Å². The third kappa shape index (κ3) is 4.63. The van der Waals surface area contributed by atoms with Crippen molar-refractivity contribution in [3.63, 3.8) is 0 Å². The summed E-state index contributed by atoms with van der Waals surface area (Å²) in [7, 11) is 2.32. The second-order valence-electron chi connectivity index (χ2n) is 5.50. The first-order chi connectivity index (χ1) is 7.46. The van der Waals surface area contributed by atoms with Crippen molar-refractivity contribution in [1.29, 1.82) is 0 Å². The topological polar surface area (TPSA) is 0 Å². The van der Waals surface area contributed by atoms with Crippen LogP contribution < -0.4 is 5.30 Å². The summed E-state index contributed by atoms with van der Waals surface area (Å²) in [6, 6.07) is 11.0. The fraction of sp³-hybridized carbons (Fsp3) is 0.231. The van der Waals surface area contributed by atoms with Crippen LogP contribution in [0.3, 0.4) is 0 Å². The summed E-state index contributed by atoms with van der Waals surface area (Å²) in [4.78, 5) is 0. The van der Waals surface area contributed by atoms with Gasteiger partial charge in [0.05, 0.1) is 0 Å². The predicted molar refractivity (Wildman–Crippen MR) is 91.0 cm³/mol. The number of benzene rings is 1. The van der Waals surface area contributed by atoms with Crippen molar-refractivity contribution in [2.24, 2.45) is 0 Å². The minimum atomic E-state index is -2.35. The van der Waals surface area contributed by atoms with Gasteiger partial charge in [0.1, 0.15) is 0 Å². The average Bonchev–Trinajstić information content (AvgIpc) is 2.71. The van der Waals surface area contributed by atoms with E-state index in [4.69, 9.17) is 0 Å². The summed E-state index contributed by atoms with van der Waals surface area (Å²) in [5.41, 5.74) is 0. The third-order valence-electron chi connectivity index (χ3n) is 3.12. The van der Waals surface area contributed by atoms with Gasteiger partial charge in [0.25, 0.3) is 0 Å². The van der Waals surface area contributed by atoms with E-state index in [9.17, 15) is 0 Å². The van der Waals surface area contributed by atoms with Gasteiger partial charge in [-0.05, 0) is 0 Å². The van der Waals surface area contributed by atoms with E-state index in [1.807, 2.05) is 0 Å². The van der Waals surface area contributed by atoms with Gasteiger partial charge in [0.2, 0.25) is 0 Å². The van der Waals surface area contributed by atoms with E-state index in [2.05, 4.69) is 66.6 Å². The molecule has 100 valence electrons. The molecule has 1 atom stereocenters. The van der Waals surface area contributed by atoms with Crippen molar-refractivity contribution in [2.75, 3.05) is 0 Å². The van der Waals surface area contributed by atoms with Gasteiger partial charge in [-0.1, -0.05) is 0 Å². The third-order valence-corrected chi connectivity index (χ3v) is 18.8.